The molecule has 0 radical (unpaired) electrons. The Morgan fingerprint density at radius 2 is 1.29 bits per heavy atom. The van der Waals surface area contributed by atoms with E-state index in [1.807, 2.05) is 30.3 Å². The Morgan fingerprint density at radius 3 is 1.85 bits per heavy atom. The molecule has 4 aromatic carbocycles. The van der Waals surface area contributed by atoms with Crippen LogP contribution in [0.4, 0.5) is 16.2 Å². The molecule has 1 aliphatic rings. The first-order valence-electron chi connectivity index (χ1n) is 12.9. The average molecular weight is 567 g/mol. The zero-order valence-corrected chi connectivity index (χ0v) is 23.5. The van der Waals surface area contributed by atoms with Crippen LogP contribution < -0.4 is 19.3 Å². The number of imide groups is 2. The van der Waals surface area contributed by atoms with Gasteiger partial charge < -0.3 is 9.47 Å². The molecule has 0 saturated carbocycles. The number of hydrogen-bond acceptors (Lipinski definition) is 5. The van der Waals surface area contributed by atoms with Crippen LogP contribution in [-0.2, 0) is 16.2 Å². The lowest BCUT2D eigenvalue weighted by molar-refractivity contribution is -0.121. The van der Waals surface area contributed by atoms with Crippen molar-refractivity contribution in [2.75, 3.05) is 16.9 Å². The van der Waals surface area contributed by atoms with E-state index in [9.17, 15) is 14.4 Å². The van der Waals surface area contributed by atoms with Crippen LogP contribution in [0.25, 0.3) is 6.08 Å². The van der Waals surface area contributed by atoms with Crippen LogP contribution in [0.15, 0.2) is 96.6 Å². The highest BCUT2D eigenvalue weighted by Gasteiger charge is 2.44. The van der Waals surface area contributed by atoms with Gasteiger partial charge in [0.05, 0.1) is 18.5 Å². The number of anilines is 2. The van der Waals surface area contributed by atoms with Gasteiger partial charge >= 0.3 is 6.03 Å². The van der Waals surface area contributed by atoms with Crippen LogP contribution in [0.2, 0.25) is 5.02 Å². The summed E-state index contributed by atoms with van der Waals surface area (Å²) in [6, 6.07) is 25.8. The van der Waals surface area contributed by atoms with Gasteiger partial charge in [-0.3, -0.25) is 9.59 Å². The topological polar surface area (TPSA) is 76.2 Å². The second kappa shape index (κ2) is 11.7. The minimum atomic E-state index is -0.735. The first-order valence-corrected chi connectivity index (χ1v) is 13.3. The highest BCUT2D eigenvalue weighted by Crippen LogP contribution is 2.34. The number of ether oxygens (including phenoxy) is 2. The largest absolute Gasteiger partial charge is 0.493 e. The molecular weight excluding hydrogens is 540 g/mol. The van der Waals surface area contributed by atoms with Crippen LogP contribution >= 0.6 is 11.6 Å². The van der Waals surface area contributed by atoms with Crippen molar-refractivity contribution in [1.82, 2.24) is 0 Å². The van der Waals surface area contributed by atoms with E-state index in [1.54, 1.807) is 74.5 Å². The first kappa shape index (κ1) is 27.7. The maximum atomic E-state index is 13.8. The van der Waals surface area contributed by atoms with E-state index in [-0.39, 0.29) is 12.2 Å². The number of urea groups is 1. The monoisotopic (exact) mass is 566 g/mol. The number of amides is 4. The van der Waals surface area contributed by atoms with Gasteiger partial charge in [0.1, 0.15) is 12.2 Å². The number of carbonyl (C=O) groups excluding carboxylic acids is 3. The molecule has 8 heteroatoms. The summed E-state index contributed by atoms with van der Waals surface area (Å²) >= 11 is 6.25. The number of nitrogens with zero attached hydrogens (tertiary/aromatic N) is 2. The van der Waals surface area contributed by atoms with E-state index in [0.717, 1.165) is 15.4 Å². The van der Waals surface area contributed by atoms with Crippen LogP contribution in [0, 0.1) is 13.8 Å². The summed E-state index contributed by atoms with van der Waals surface area (Å²) in [5, 5.41) is 0.591. The molecule has 0 bridgehead atoms. The molecule has 1 saturated heterocycles. The van der Waals surface area contributed by atoms with E-state index >= 15 is 0 Å². The van der Waals surface area contributed by atoms with Crippen molar-refractivity contribution in [3.63, 3.8) is 0 Å². The van der Waals surface area contributed by atoms with Gasteiger partial charge in [-0.1, -0.05) is 72.3 Å². The average Bonchev–Trinajstić information content (AvgIpc) is 2.97. The number of benzene rings is 4. The molecule has 206 valence electrons. The molecule has 1 heterocycles. The van der Waals surface area contributed by atoms with Gasteiger partial charge in [-0.25, -0.2) is 14.6 Å². The first-order chi connectivity index (χ1) is 19.8. The molecular formula is C33H27ClN2O5. The van der Waals surface area contributed by atoms with Gasteiger partial charge in [0.25, 0.3) is 11.8 Å². The van der Waals surface area contributed by atoms with Crippen LogP contribution in [-0.4, -0.2) is 25.0 Å². The minimum absolute atomic E-state index is 0.164. The van der Waals surface area contributed by atoms with Crippen molar-refractivity contribution >= 4 is 46.9 Å². The number of aryl methyl sites for hydroxylation is 2. The molecule has 0 atom stereocenters. The predicted molar refractivity (Wildman–Crippen MR) is 159 cm³/mol. The lowest BCUT2D eigenvalue weighted by atomic mass is 10.0. The van der Waals surface area contributed by atoms with Crippen LogP contribution in [0.3, 0.4) is 0 Å². The van der Waals surface area contributed by atoms with E-state index < -0.39 is 17.8 Å². The Balaban J connectivity index is 1.55. The lowest BCUT2D eigenvalue weighted by Gasteiger charge is -2.35. The van der Waals surface area contributed by atoms with Gasteiger partial charge in [0.15, 0.2) is 11.5 Å². The fourth-order valence-corrected chi connectivity index (χ4v) is 4.80. The number of methoxy groups -OCH3 is 1. The standard InChI is InChI=1S/C33H27ClN2O5/c1-21-10-4-8-14-27(21)35-31(37)25(32(38)36(33(35)39)28-15-9-5-11-22(28)2)18-23-16-17-29(30(19-23)40-3)41-20-24-12-6-7-13-26(24)34/h4-19H,20H2,1-3H3. The Morgan fingerprint density at radius 1 is 0.732 bits per heavy atom. The molecule has 41 heavy (non-hydrogen) atoms. The van der Waals surface area contributed by atoms with Gasteiger partial charge in [0.2, 0.25) is 0 Å². The molecule has 0 unspecified atom stereocenters. The maximum absolute atomic E-state index is 13.8. The smallest absolute Gasteiger partial charge is 0.343 e. The summed E-state index contributed by atoms with van der Waals surface area (Å²) in [5.41, 5.74) is 3.41. The number of rotatable bonds is 7. The van der Waals surface area contributed by atoms with Crippen molar-refractivity contribution in [2.45, 2.75) is 20.5 Å². The van der Waals surface area contributed by atoms with Gasteiger partial charge in [-0.15, -0.1) is 0 Å². The summed E-state index contributed by atoms with van der Waals surface area (Å²) in [6.45, 7) is 3.84. The molecule has 4 aromatic rings. The number of para-hydroxylation sites is 2. The van der Waals surface area contributed by atoms with Crippen molar-refractivity contribution in [1.29, 1.82) is 0 Å². The third kappa shape index (κ3) is 5.44. The van der Waals surface area contributed by atoms with E-state index in [4.69, 9.17) is 21.1 Å². The van der Waals surface area contributed by atoms with E-state index in [2.05, 4.69) is 0 Å². The quantitative estimate of drug-likeness (QED) is 0.176. The van der Waals surface area contributed by atoms with Crippen molar-refractivity contribution < 1.29 is 23.9 Å². The van der Waals surface area contributed by atoms with Crippen molar-refractivity contribution in [2.24, 2.45) is 0 Å². The zero-order valence-electron chi connectivity index (χ0n) is 22.8. The van der Waals surface area contributed by atoms with E-state index in [1.165, 1.54) is 13.2 Å². The number of carbonyl (C=O) groups is 3. The summed E-state index contributed by atoms with van der Waals surface area (Å²) in [5.74, 6) is -0.548. The third-order valence-electron chi connectivity index (χ3n) is 6.80. The summed E-state index contributed by atoms with van der Waals surface area (Å²) < 4.78 is 11.5. The van der Waals surface area contributed by atoms with E-state index in [0.29, 0.717) is 44.6 Å². The van der Waals surface area contributed by atoms with Gasteiger partial charge in [0, 0.05) is 10.6 Å². The Labute approximate surface area is 243 Å². The lowest BCUT2D eigenvalue weighted by Crippen LogP contribution is -2.57. The fourth-order valence-electron chi connectivity index (χ4n) is 4.61. The van der Waals surface area contributed by atoms with Crippen molar-refractivity contribution in [3.05, 3.63) is 124 Å². The van der Waals surface area contributed by atoms with Crippen LogP contribution in [0.5, 0.6) is 11.5 Å². The predicted octanol–water partition coefficient (Wildman–Crippen LogP) is 7.13. The Bertz CT molecular complexity index is 1630. The molecule has 4 amide bonds. The van der Waals surface area contributed by atoms with Crippen LogP contribution in [0.1, 0.15) is 22.3 Å². The Kier molecular flexibility index (Phi) is 7.90. The number of barbiturate groups is 1. The second-order valence-electron chi connectivity index (χ2n) is 9.49. The van der Waals surface area contributed by atoms with Gasteiger partial charge in [-0.2, -0.15) is 0 Å². The molecule has 0 spiro atoms. The van der Waals surface area contributed by atoms with Crippen molar-refractivity contribution in [3.8, 4) is 11.5 Å². The summed E-state index contributed by atoms with van der Waals surface area (Å²) in [4.78, 5) is 43.4. The number of halogens is 1. The fraction of sp³-hybridized carbons (Fsp3) is 0.121. The zero-order chi connectivity index (χ0) is 29.1. The number of hydrogen-bond donors (Lipinski definition) is 0. The van der Waals surface area contributed by atoms with Gasteiger partial charge in [-0.05, 0) is 66.9 Å². The molecule has 0 N–H and O–H groups in total. The summed E-state index contributed by atoms with van der Waals surface area (Å²) in [6.07, 6.45) is 1.47. The normalized spacial score (nSPS) is 13.5. The minimum Gasteiger partial charge on any atom is -0.493 e. The second-order valence-corrected chi connectivity index (χ2v) is 9.89. The molecule has 0 aromatic heterocycles. The SMILES string of the molecule is COc1cc(C=C2C(=O)N(c3ccccc3C)C(=O)N(c3ccccc3C)C2=O)ccc1OCc1ccccc1Cl. The highest BCUT2D eigenvalue weighted by molar-refractivity contribution is 6.46. The summed E-state index contributed by atoms with van der Waals surface area (Å²) in [7, 11) is 1.50. The molecule has 5 rings (SSSR count). The molecule has 1 aliphatic heterocycles. The third-order valence-corrected chi connectivity index (χ3v) is 7.17. The Hall–Kier alpha value is -4.88. The molecule has 0 aliphatic carbocycles. The maximum Gasteiger partial charge on any atom is 0.343 e. The highest BCUT2D eigenvalue weighted by atomic mass is 35.5. The molecule has 7 nitrogen and oxygen atoms in total. The molecule has 1 fully saturated rings.